The highest BCUT2D eigenvalue weighted by molar-refractivity contribution is 5.96. The van der Waals surface area contributed by atoms with Gasteiger partial charge >= 0.3 is 0 Å². The summed E-state index contributed by atoms with van der Waals surface area (Å²) in [6.07, 6.45) is 0.0966. The van der Waals surface area contributed by atoms with Gasteiger partial charge in [0.1, 0.15) is 5.75 Å². The van der Waals surface area contributed by atoms with Crippen LogP contribution < -0.4 is 10.1 Å². The second-order valence-corrected chi connectivity index (χ2v) is 6.26. The van der Waals surface area contributed by atoms with Crippen LogP contribution in [0.4, 0.5) is 0 Å². The van der Waals surface area contributed by atoms with E-state index in [1.807, 2.05) is 43.3 Å². The smallest absolute Gasteiger partial charge is 0.255 e. The van der Waals surface area contributed by atoms with Gasteiger partial charge in [-0.05, 0) is 24.6 Å². The first kappa shape index (κ1) is 18.4. The molecule has 1 fully saturated rings. The lowest BCUT2D eigenvalue weighted by Gasteiger charge is -2.33. The molecule has 0 aliphatic carbocycles. The van der Waals surface area contributed by atoms with Crippen molar-refractivity contribution in [2.45, 2.75) is 13.0 Å². The highest BCUT2D eigenvalue weighted by atomic mass is 16.5. The van der Waals surface area contributed by atoms with Crippen LogP contribution in [0.2, 0.25) is 0 Å². The van der Waals surface area contributed by atoms with Crippen molar-refractivity contribution in [3.63, 3.8) is 0 Å². The van der Waals surface area contributed by atoms with Gasteiger partial charge in [-0.15, -0.1) is 0 Å². The summed E-state index contributed by atoms with van der Waals surface area (Å²) in [5.41, 5.74) is 1.78. The normalized spacial score (nSPS) is 17.7. The fourth-order valence-electron chi connectivity index (χ4n) is 3.13. The van der Waals surface area contributed by atoms with Gasteiger partial charge in [0.15, 0.2) is 0 Å². The molecular formula is C21H26N2O3. The van der Waals surface area contributed by atoms with E-state index in [0.717, 1.165) is 19.6 Å². The molecule has 26 heavy (non-hydrogen) atoms. The molecule has 1 atom stereocenters. The molecule has 1 aliphatic rings. The summed E-state index contributed by atoms with van der Waals surface area (Å²) in [4.78, 5) is 14.8. The molecule has 1 unspecified atom stereocenters. The summed E-state index contributed by atoms with van der Waals surface area (Å²) in [7, 11) is 0. The molecule has 2 aromatic rings. The van der Waals surface area contributed by atoms with E-state index in [-0.39, 0.29) is 12.0 Å². The number of benzene rings is 2. The van der Waals surface area contributed by atoms with E-state index >= 15 is 0 Å². The summed E-state index contributed by atoms with van der Waals surface area (Å²) in [5, 5.41) is 3.00. The highest BCUT2D eigenvalue weighted by Gasteiger charge is 2.21. The first-order valence-electron chi connectivity index (χ1n) is 9.17. The molecule has 1 amide bonds. The molecule has 1 heterocycles. The Kier molecular flexibility index (Phi) is 6.63. The summed E-state index contributed by atoms with van der Waals surface area (Å²) in [5.74, 6) is 0.532. The number of ether oxygens (including phenoxy) is 2. The molecule has 5 nitrogen and oxygen atoms in total. The van der Waals surface area contributed by atoms with Gasteiger partial charge < -0.3 is 14.8 Å². The van der Waals surface area contributed by atoms with Crippen LogP contribution in [0.25, 0.3) is 0 Å². The number of hydrogen-bond donors (Lipinski definition) is 1. The molecule has 138 valence electrons. The third kappa shape index (κ3) is 4.84. The molecule has 0 bridgehead atoms. The molecule has 1 saturated heterocycles. The fraction of sp³-hybridized carbons (Fsp3) is 0.381. The molecule has 0 radical (unpaired) electrons. The summed E-state index contributed by atoms with van der Waals surface area (Å²) in [6, 6.07) is 17.6. The van der Waals surface area contributed by atoms with E-state index in [1.54, 1.807) is 6.07 Å². The average Bonchev–Trinajstić information content (AvgIpc) is 2.69. The number of rotatable bonds is 7. The molecule has 0 spiro atoms. The molecule has 2 aromatic carbocycles. The number of carbonyl (C=O) groups is 1. The molecule has 0 saturated carbocycles. The first-order valence-corrected chi connectivity index (χ1v) is 9.17. The molecule has 0 aromatic heterocycles. The minimum absolute atomic E-state index is 0.0954. The zero-order valence-electron chi connectivity index (χ0n) is 15.2. The molecule has 1 N–H and O–H groups in total. The van der Waals surface area contributed by atoms with Gasteiger partial charge in [0, 0.05) is 26.2 Å². The Morgan fingerprint density at radius 2 is 1.96 bits per heavy atom. The van der Waals surface area contributed by atoms with Gasteiger partial charge in [-0.25, -0.2) is 0 Å². The van der Waals surface area contributed by atoms with Crippen molar-refractivity contribution >= 4 is 5.91 Å². The maximum atomic E-state index is 12.4. The van der Waals surface area contributed by atoms with Gasteiger partial charge in [-0.2, -0.15) is 0 Å². The lowest BCUT2D eigenvalue weighted by molar-refractivity contribution is -0.0293. The fourth-order valence-corrected chi connectivity index (χ4v) is 3.13. The van der Waals surface area contributed by atoms with Crippen molar-refractivity contribution in [1.29, 1.82) is 0 Å². The predicted octanol–water partition coefficient (Wildman–Crippen LogP) is 2.89. The second-order valence-electron chi connectivity index (χ2n) is 6.26. The van der Waals surface area contributed by atoms with Crippen molar-refractivity contribution in [2.75, 3.05) is 39.4 Å². The lowest BCUT2D eigenvalue weighted by Crippen LogP contribution is -2.42. The van der Waals surface area contributed by atoms with Crippen LogP contribution in [-0.2, 0) is 4.74 Å². The van der Waals surface area contributed by atoms with Crippen LogP contribution >= 0.6 is 0 Å². The lowest BCUT2D eigenvalue weighted by atomic mass is 10.1. The van der Waals surface area contributed by atoms with Crippen molar-refractivity contribution in [1.82, 2.24) is 10.2 Å². The number of para-hydroxylation sites is 1. The Labute approximate surface area is 154 Å². The zero-order valence-corrected chi connectivity index (χ0v) is 15.2. The monoisotopic (exact) mass is 354 g/mol. The summed E-state index contributed by atoms with van der Waals surface area (Å²) in [6.45, 7) is 6.29. The van der Waals surface area contributed by atoms with Crippen molar-refractivity contribution in [2.24, 2.45) is 0 Å². The van der Waals surface area contributed by atoms with Crippen LogP contribution in [0.5, 0.6) is 5.75 Å². The first-order chi connectivity index (χ1) is 12.8. The van der Waals surface area contributed by atoms with E-state index in [0.29, 0.717) is 31.1 Å². The maximum absolute atomic E-state index is 12.4. The van der Waals surface area contributed by atoms with Gasteiger partial charge in [0.2, 0.25) is 0 Å². The number of hydrogen-bond acceptors (Lipinski definition) is 4. The molecule has 1 aliphatic heterocycles. The largest absolute Gasteiger partial charge is 0.493 e. The second kappa shape index (κ2) is 9.36. The van der Waals surface area contributed by atoms with E-state index < -0.39 is 0 Å². The Balaban J connectivity index is 1.49. The Morgan fingerprint density at radius 3 is 2.77 bits per heavy atom. The third-order valence-corrected chi connectivity index (χ3v) is 4.47. The Hall–Kier alpha value is -2.37. The third-order valence-electron chi connectivity index (χ3n) is 4.47. The van der Waals surface area contributed by atoms with Crippen LogP contribution in [0.1, 0.15) is 28.9 Å². The maximum Gasteiger partial charge on any atom is 0.255 e. The van der Waals surface area contributed by atoms with E-state index in [9.17, 15) is 4.79 Å². The van der Waals surface area contributed by atoms with Gasteiger partial charge in [-0.1, -0.05) is 42.5 Å². The SMILES string of the molecule is CCOc1ccccc1C(=O)NCCN1CCOC(c2ccccc2)C1. The highest BCUT2D eigenvalue weighted by Crippen LogP contribution is 2.21. The average molecular weight is 354 g/mol. The van der Waals surface area contributed by atoms with Crippen LogP contribution in [0.15, 0.2) is 54.6 Å². The quantitative estimate of drug-likeness (QED) is 0.831. The number of amides is 1. The molecule has 5 heteroatoms. The van der Waals surface area contributed by atoms with E-state index in [4.69, 9.17) is 9.47 Å². The number of nitrogens with one attached hydrogen (secondary N) is 1. The number of carbonyl (C=O) groups excluding carboxylic acids is 1. The van der Waals surface area contributed by atoms with E-state index in [1.165, 1.54) is 5.56 Å². The number of morpholine rings is 1. The molecule has 3 rings (SSSR count). The topological polar surface area (TPSA) is 50.8 Å². The van der Waals surface area contributed by atoms with Gasteiger partial charge in [0.05, 0.1) is 24.9 Å². The summed E-state index contributed by atoms with van der Waals surface area (Å²) >= 11 is 0. The van der Waals surface area contributed by atoms with Crippen LogP contribution in [0.3, 0.4) is 0 Å². The van der Waals surface area contributed by atoms with Crippen LogP contribution in [-0.4, -0.2) is 50.2 Å². The minimum atomic E-state index is -0.0954. The van der Waals surface area contributed by atoms with Gasteiger partial charge in [0.25, 0.3) is 5.91 Å². The van der Waals surface area contributed by atoms with Crippen LogP contribution in [0, 0.1) is 0 Å². The van der Waals surface area contributed by atoms with Gasteiger partial charge in [-0.3, -0.25) is 9.69 Å². The van der Waals surface area contributed by atoms with Crippen molar-refractivity contribution in [3.8, 4) is 5.75 Å². The van der Waals surface area contributed by atoms with Crippen molar-refractivity contribution in [3.05, 3.63) is 65.7 Å². The Bertz CT molecular complexity index is 705. The standard InChI is InChI=1S/C21H26N2O3/c1-2-25-19-11-7-6-10-18(19)21(24)22-12-13-23-14-15-26-20(16-23)17-8-4-3-5-9-17/h3-11,20H,2,12-16H2,1H3,(H,22,24). The number of nitrogens with zero attached hydrogens (tertiary/aromatic N) is 1. The minimum Gasteiger partial charge on any atom is -0.493 e. The Morgan fingerprint density at radius 1 is 1.19 bits per heavy atom. The zero-order chi connectivity index (χ0) is 18.2. The predicted molar refractivity (Wildman–Crippen MR) is 102 cm³/mol. The molecular weight excluding hydrogens is 328 g/mol. The van der Waals surface area contributed by atoms with Crippen molar-refractivity contribution < 1.29 is 14.3 Å². The summed E-state index contributed by atoms with van der Waals surface area (Å²) < 4.78 is 11.4. The van der Waals surface area contributed by atoms with E-state index in [2.05, 4.69) is 22.3 Å².